The van der Waals surface area contributed by atoms with Gasteiger partial charge in [0.05, 0.1) is 6.04 Å². The van der Waals surface area contributed by atoms with Crippen LogP contribution in [0.5, 0.6) is 0 Å². The number of aliphatic imine (C=N–C) groups is 1. The Balaban J connectivity index is 1.39. The van der Waals surface area contributed by atoms with E-state index in [1.165, 1.54) is 49.2 Å². The van der Waals surface area contributed by atoms with Crippen molar-refractivity contribution in [1.82, 2.24) is 15.1 Å². The molecule has 0 aromatic heterocycles. The molecule has 2 aliphatic heterocycles. The van der Waals surface area contributed by atoms with E-state index in [9.17, 15) is 0 Å². The predicted molar refractivity (Wildman–Crippen MR) is 99.7 cm³/mol. The number of hydrogen-bond acceptors (Lipinski definition) is 5. The van der Waals surface area contributed by atoms with Gasteiger partial charge in [-0.05, 0) is 44.9 Å². The molecule has 1 saturated heterocycles. The van der Waals surface area contributed by atoms with Crippen LogP contribution in [-0.2, 0) is 6.42 Å². The molecule has 0 amide bonds. The van der Waals surface area contributed by atoms with Crippen molar-refractivity contribution in [3.63, 3.8) is 0 Å². The first-order valence-electron chi connectivity index (χ1n) is 9.34. The number of piperazine rings is 1. The van der Waals surface area contributed by atoms with Gasteiger partial charge in [-0.25, -0.2) is 4.99 Å². The average Bonchev–Trinajstić information content (AvgIpc) is 2.61. The molecule has 3 aliphatic rings. The summed E-state index contributed by atoms with van der Waals surface area (Å²) in [6, 6.07) is 7.49. The molecule has 0 saturated carbocycles. The monoisotopic (exact) mass is 327 g/mol. The summed E-state index contributed by atoms with van der Waals surface area (Å²) in [5, 5.41) is 7.08. The summed E-state index contributed by atoms with van der Waals surface area (Å²) in [6.45, 7) is 7.91. The highest BCUT2D eigenvalue weighted by Gasteiger charge is 2.27. The van der Waals surface area contributed by atoms with E-state index in [-0.39, 0.29) is 0 Å². The highest BCUT2D eigenvalue weighted by molar-refractivity contribution is 5.96. The minimum atomic E-state index is 0.340. The molecule has 0 spiro atoms. The van der Waals surface area contributed by atoms with E-state index in [1.807, 2.05) is 0 Å². The van der Waals surface area contributed by atoms with E-state index in [4.69, 9.17) is 4.99 Å². The van der Waals surface area contributed by atoms with Crippen molar-refractivity contribution < 1.29 is 0 Å². The van der Waals surface area contributed by atoms with Gasteiger partial charge in [0.15, 0.2) is 5.96 Å². The standard InChI is InChI=1S/C19H29N5/c1-14(24-11-9-23(2)10-12-24)13-20-19-21-16-7-3-5-15-6-4-8-17(22-19)18(15)16/h3,5,7,14,17H,4,6,8-13H2,1-2H3,(H2,20,21,22). The first-order chi connectivity index (χ1) is 11.7. The molecule has 5 nitrogen and oxygen atoms in total. The van der Waals surface area contributed by atoms with Crippen molar-refractivity contribution in [2.45, 2.75) is 38.3 Å². The fourth-order valence-corrected chi connectivity index (χ4v) is 4.13. The molecule has 130 valence electrons. The third-order valence-electron chi connectivity index (χ3n) is 5.72. The molecular weight excluding hydrogens is 298 g/mol. The Hall–Kier alpha value is -1.59. The second-order valence-electron chi connectivity index (χ2n) is 7.46. The molecule has 24 heavy (non-hydrogen) atoms. The van der Waals surface area contributed by atoms with Crippen LogP contribution >= 0.6 is 0 Å². The van der Waals surface area contributed by atoms with Gasteiger partial charge < -0.3 is 15.5 Å². The summed E-state index contributed by atoms with van der Waals surface area (Å²) in [4.78, 5) is 9.93. The van der Waals surface area contributed by atoms with Crippen LogP contribution in [0.25, 0.3) is 0 Å². The second-order valence-corrected chi connectivity index (χ2v) is 7.46. The van der Waals surface area contributed by atoms with E-state index in [2.05, 4.69) is 52.6 Å². The zero-order valence-electron chi connectivity index (χ0n) is 14.9. The topological polar surface area (TPSA) is 42.9 Å². The van der Waals surface area contributed by atoms with Crippen LogP contribution < -0.4 is 10.6 Å². The smallest absolute Gasteiger partial charge is 0.196 e. The number of rotatable bonds is 3. The minimum Gasteiger partial charge on any atom is -0.355 e. The molecule has 5 heteroatoms. The van der Waals surface area contributed by atoms with Gasteiger partial charge in [0.2, 0.25) is 0 Å². The lowest BCUT2D eigenvalue weighted by molar-refractivity contribution is 0.120. The maximum absolute atomic E-state index is 4.95. The van der Waals surface area contributed by atoms with Gasteiger partial charge in [0.1, 0.15) is 0 Å². The molecule has 1 aliphatic carbocycles. The first kappa shape index (κ1) is 15.9. The zero-order valence-corrected chi connectivity index (χ0v) is 14.9. The van der Waals surface area contributed by atoms with Gasteiger partial charge in [-0.2, -0.15) is 0 Å². The maximum atomic E-state index is 4.95. The molecule has 2 unspecified atom stereocenters. The quantitative estimate of drug-likeness (QED) is 0.892. The number of aryl methyl sites for hydroxylation is 1. The highest BCUT2D eigenvalue weighted by Crippen LogP contribution is 2.39. The number of likely N-dealkylation sites (N-methyl/N-ethyl adjacent to an activating group) is 1. The Labute approximate surface area is 145 Å². The second kappa shape index (κ2) is 6.73. The summed E-state index contributed by atoms with van der Waals surface area (Å²) in [5.41, 5.74) is 4.16. The van der Waals surface area contributed by atoms with E-state index in [1.54, 1.807) is 0 Å². The van der Waals surface area contributed by atoms with Crippen molar-refractivity contribution in [1.29, 1.82) is 0 Å². The fraction of sp³-hybridized carbons (Fsp3) is 0.632. The van der Waals surface area contributed by atoms with Crippen LogP contribution in [0, 0.1) is 0 Å². The number of hydrogen-bond donors (Lipinski definition) is 2. The molecule has 2 N–H and O–H groups in total. The van der Waals surface area contributed by atoms with E-state index < -0.39 is 0 Å². The third-order valence-corrected chi connectivity index (χ3v) is 5.72. The van der Waals surface area contributed by atoms with Crippen LogP contribution in [0.3, 0.4) is 0 Å². The molecule has 0 bridgehead atoms. The lowest BCUT2D eigenvalue weighted by Gasteiger charge is -2.37. The highest BCUT2D eigenvalue weighted by atomic mass is 15.3. The number of anilines is 1. The Morgan fingerprint density at radius 2 is 2.12 bits per heavy atom. The number of benzene rings is 1. The number of guanidine groups is 1. The summed E-state index contributed by atoms with van der Waals surface area (Å²) >= 11 is 0. The Kier molecular flexibility index (Phi) is 4.46. The minimum absolute atomic E-state index is 0.340. The summed E-state index contributed by atoms with van der Waals surface area (Å²) < 4.78 is 0. The van der Waals surface area contributed by atoms with Crippen molar-refractivity contribution in [2.75, 3.05) is 45.1 Å². The van der Waals surface area contributed by atoms with Crippen molar-refractivity contribution in [3.8, 4) is 0 Å². The van der Waals surface area contributed by atoms with Gasteiger partial charge in [-0.3, -0.25) is 4.90 Å². The molecule has 1 fully saturated rings. The van der Waals surface area contributed by atoms with Crippen molar-refractivity contribution in [3.05, 3.63) is 29.3 Å². The largest absolute Gasteiger partial charge is 0.355 e. The molecule has 2 heterocycles. The molecular formula is C19H29N5. The van der Waals surface area contributed by atoms with Gasteiger partial charge >= 0.3 is 0 Å². The molecule has 1 aromatic carbocycles. The van der Waals surface area contributed by atoms with Gasteiger partial charge in [0, 0.05) is 50.0 Å². The Morgan fingerprint density at radius 3 is 2.96 bits per heavy atom. The van der Waals surface area contributed by atoms with Crippen LogP contribution in [0.15, 0.2) is 23.2 Å². The maximum Gasteiger partial charge on any atom is 0.196 e. The Morgan fingerprint density at radius 1 is 1.29 bits per heavy atom. The lowest BCUT2D eigenvalue weighted by atomic mass is 9.86. The summed E-state index contributed by atoms with van der Waals surface area (Å²) in [5.74, 6) is 0.951. The SMILES string of the molecule is CC(CNC1=NC2CCCc3cccc(c32)N1)N1CCN(C)CC1. The first-order valence-corrected chi connectivity index (χ1v) is 9.34. The van der Waals surface area contributed by atoms with Gasteiger partial charge in [0.25, 0.3) is 0 Å². The molecule has 0 radical (unpaired) electrons. The van der Waals surface area contributed by atoms with E-state index >= 15 is 0 Å². The van der Waals surface area contributed by atoms with Gasteiger partial charge in [-0.15, -0.1) is 0 Å². The van der Waals surface area contributed by atoms with Gasteiger partial charge in [-0.1, -0.05) is 12.1 Å². The normalized spacial score (nSPS) is 25.4. The molecule has 4 rings (SSSR count). The molecule has 2 atom stereocenters. The van der Waals surface area contributed by atoms with Crippen LogP contribution in [0.2, 0.25) is 0 Å². The average molecular weight is 327 g/mol. The van der Waals surface area contributed by atoms with Crippen molar-refractivity contribution >= 4 is 11.6 Å². The van der Waals surface area contributed by atoms with Crippen LogP contribution in [0.1, 0.15) is 36.9 Å². The third kappa shape index (κ3) is 3.15. The summed E-state index contributed by atoms with van der Waals surface area (Å²) in [6.07, 6.45) is 3.61. The number of nitrogens with one attached hydrogen (secondary N) is 2. The van der Waals surface area contributed by atoms with Crippen LogP contribution in [0.4, 0.5) is 5.69 Å². The van der Waals surface area contributed by atoms with Crippen LogP contribution in [-0.4, -0.2) is 61.6 Å². The lowest BCUT2D eigenvalue weighted by Crippen LogP contribution is -2.52. The van der Waals surface area contributed by atoms with Crippen molar-refractivity contribution in [2.24, 2.45) is 4.99 Å². The zero-order chi connectivity index (χ0) is 16.5. The Bertz CT molecular complexity index is 618. The van der Waals surface area contributed by atoms with E-state index in [0.717, 1.165) is 25.6 Å². The fourth-order valence-electron chi connectivity index (χ4n) is 4.13. The molecule has 1 aromatic rings. The predicted octanol–water partition coefficient (Wildman–Crippen LogP) is 2.07. The summed E-state index contributed by atoms with van der Waals surface area (Å²) in [7, 11) is 2.21. The van der Waals surface area contributed by atoms with E-state index in [0.29, 0.717) is 12.1 Å². The number of nitrogens with zero attached hydrogens (tertiary/aromatic N) is 3.